The second kappa shape index (κ2) is 8.90. The number of hydrogen-bond acceptors (Lipinski definition) is 6. The number of hydrogen-bond donors (Lipinski definition) is 2. The molecular weight excluding hydrogens is 364 g/mol. The molecule has 3 rings (SSSR count). The molecule has 0 spiro atoms. The van der Waals surface area contributed by atoms with Crippen molar-refractivity contribution in [3.63, 3.8) is 0 Å². The summed E-state index contributed by atoms with van der Waals surface area (Å²) < 4.78 is 15.5. The molecule has 0 radical (unpaired) electrons. The second-order valence-corrected chi connectivity index (χ2v) is 6.13. The Morgan fingerprint density at radius 3 is 2.61 bits per heavy atom. The lowest BCUT2D eigenvalue weighted by Gasteiger charge is -2.14. The van der Waals surface area contributed by atoms with Gasteiger partial charge in [-0.2, -0.15) is 0 Å². The van der Waals surface area contributed by atoms with E-state index in [1.54, 1.807) is 18.2 Å². The van der Waals surface area contributed by atoms with E-state index in [2.05, 4.69) is 10.6 Å². The van der Waals surface area contributed by atoms with Gasteiger partial charge in [0.2, 0.25) is 12.7 Å². The first-order chi connectivity index (χ1) is 13.5. The molecule has 2 aromatic rings. The lowest BCUT2D eigenvalue weighted by Crippen LogP contribution is -2.36. The van der Waals surface area contributed by atoms with Crippen LogP contribution in [0.5, 0.6) is 11.5 Å². The van der Waals surface area contributed by atoms with Gasteiger partial charge in [0.25, 0.3) is 5.91 Å². The standard InChI is InChI=1S/C20H20N2O6/c1-13(20(25)22-15-7-8-16-17(10-15)27-12-26-16)28-19(24)11-21-18(23)9-14-5-3-2-4-6-14/h2-8,10,13H,9,11-12H2,1H3,(H,21,23)(H,22,25)/t13-/m0/s1. The van der Waals surface area contributed by atoms with Crippen LogP contribution in [0.3, 0.4) is 0 Å². The summed E-state index contributed by atoms with van der Waals surface area (Å²) in [5.41, 5.74) is 1.33. The summed E-state index contributed by atoms with van der Waals surface area (Å²) in [7, 11) is 0. The maximum atomic E-state index is 12.2. The minimum Gasteiger partial charge on any atom is -0.454 e. The summed E-state index contributed by atoms with van der Waals surface area (Å²) in [5.74, 6) is -0.370. The smallest absolute Gasteiger partial charge is 0.326 e. The van der Waals surface area contributed by atoms with Gasteiger partial charge < -0.3 is 24.8 Å². The van der Waals surface area contributed by atoms with E-state index in [-0.39, 0.29) is 25.7 Å². The van der Waals surface area contributed by atoms with E-state index in [4.69, 9.17) is 14.2 Å². The molecule has 1 heterocycles. The number of esters is 1. The maximum Gasteiger partial charge on any atom is 0.326 e. The SMILES string of the molecule is C[C@H](OC(=O)CNC(=O)Cc1ccccc1)C(=O)Nc1ccc2c(c1)OCO2. The lowest BCUT2D eigenvalue weighted by atomic mass is 10.1. The van der Waals surface area contributed by atoms with Crippen LogP contribution < -0.4 is 20.1 Å². The van der Waals surface area contributed by atoms with Crippen molar-refractivity contribution >= 4 is 23.5 Å². The average molecular weight is 384 g/mol. The van der Waals surface area contributed by atoms with Crippen LogP contribution in [0.2, 0.25) is 0 Å². The Morgan fingerprint density at radius 1 is 1.07 bits per heavy atom. The van der Waals surface area contributed by atoms with E-state index in [0.717, 1.165) is 5.56 Å². The molecule has 0 bridgehead atoms. The van der Waals surface area contributed by atoms with Gasteiger partial charge in [-0.15, -0.1) is 0 Å². The molecule has 8 heteroatoms. The van der Waals surface area contributed by atoms with Gasteiger partial charge in [0.15, 0.2) is 17.6 Å². The summed E-state index contributed by atoms with van der Waals surface area (Å²) in [6, 6.07) is 14.1. The summed E-state index contributed by atoms with van der Waals surface area (Å²) in [6.07, 6.45) is -0.863. The van der Waals surface area contributed by atoms with Gasteiger partial charge in [-0.3, -0.25) is 14.4 Å². The number of nitrogens with one attached hydrogen (secondary N) is 2. The molecule has 1 atom stereocenters. The van der Waals surface area contributed by atoms with Crippen molar-refractivity contribution in [2.75, 3.05) is 18.7 Å². The van der Waals surface area contributed by atoms with E-state index in [1.807, 2.05) is 30.3 Å². The molecule has 2 aromatic carbocycles. The first kappa shape index (κ1) is 19.2. The molecule has 0 fully saturated rings. The van der Waals surface area contributed by atoms with E-state index in [1.165, 1.54) is 6.92 Å². The molecule has 2 amide bonds. The van der Waals surface area contributed by atoms with Gasteiger partial charge in [0.1, 0.15) is 6.54 Å². The van der Waals surface area contributed by atoms with Crippen molar-refractivity contribution in [3.05, 3.63) is 54.1 Å². The van der Waals surface area contributed by atoms with Crippen LogP contribution in [0.15, 0.2) is 48.5 Å². The highest BCUT2D eigenvalue weighted by molar-refractivity contribution is 5.95. The summed E-state index contributed by atoms with van der Waals surface area (Å²) >= 11 is 0. The third-order valence-electron chi connectivity index (χ3n) is 3.95. The second-order valence-electron chi connectivity index (χ2n) is 6.13. The zero-order chi connectivity index (χ0) is 19.9. The number of amides is 2. The van der Waals surface area contributed by atoms with Crippen molar-refractivity contribution in [1.82, 2.24) is 5.32 Å². The largest absolute Gasteiger partial charge is 0.454 e. The van der Waals surface area contributed by atoms with Gasteiger partial charge >= 0.3 is 5.97 Å². The fraction of sp³-hybridized carbons (Fsp3) is 0.250. The van der Waals surface area contributed by atoms with Crippen LogP contribution in [0.25, 0.3) is 0 Å². The number of benzene rings is 2. The predicted octanol–water partition coefficient (Wildman–Crippen LogP) is 1.64. The Morgan fingerprint density at radius 2 is 1.82 bits per heavy atom. The number of carbonyl (C=O) groups excluding carboxylic acids is 3. The van der Waals surface area contributed by atoms with Crippen LogP contribution in [0.1, 0.15) is 12.5 Å². The molecular formula is C20H20N2O6. The quantitative estimate of drug-likeness (QED) is 0.704. The van der Waals surface area contributed by atoms with Crippen molar-refractivity contribution in [2.24, 2.45) is 0 Å². The molecule has 0 aliphatic carbocycles. The van der Waals surface area contributed by atoms with E-state index < -0.39 is 18.0 Å². The predicted molar refractivity (Wildman–Crippen MR) is 99.9 cm³/mol. The highest BCUT2D eigenvalue weighted by atomic mass is 16.7. The van der Waals surface area contributed by atoms with Gasteiger partial charge in [-0.25, -0.2) is 0 Å². The van der Waals surface area contributed by atoms with E-state index in [0.29, 0.717) is 17.2 Å². The van der Waals surface area contributed by atoms with Crippen molar-refractivity contribution in [3.8, 4) is 11.5 Å². The van der Waals surface area contributed by atoms with Crippen molar-refractivity contribution in [1.29, 1.82) is 0 Å². The minimum absolute atomic E-state index is 0.136. The highest BCUT2D eigenvalue weighted by Crippen LogP contribution is 2.34. The number of rotatable bonds is 7. The van der Waals surface area contributed by atoms with E-state index >= 15 is 0 Å². The Kier molecular flexibility index (Phi) is 6.11. The molecule has 146 valence electrons. The van der Waals surface area contributed by atoms with Crippen LogP contribution in [0, 0.1) is 0 Å². The first-order valence-electron chi connectivity index (χ1n) is 8.72. The minimum atomic E-state index is -1.02. The third-order valence-corrected chi connectivity index (χ3v) is 3.95. The van der Waals surface area contributed by atoms with Crippen LogP contribution in [-0.2, 0) is 25.5 Å². The fourth-order valence-electron chi connectivity index (χ4n) is 2.53. The van der Waals surface area contributed by atoms with Crippen LogP contribution in [0.4, 0.5) is 5.69 Å². The zero-order valence-corrected chi connectivity index (χ0v) is 15.3. The van der Waals surface area contributed by atoms with Gasteiger partial charge in [0, 0.05) is 11.8 Å². The number of fused-ring (bicyclic) bond motifs is 1. The number of anilines is 1. The number of carbonyl (C=O) groups is 3. The summed E-state index contributed by atoms with van der Waals surface area (Å²) in [4.78, 5) is 35.9. The average Bonchev–Trinajstić information content (AvgIpc) is 3.15. The topological polar surface area (TPSA) is 103 Å². The van der Waals surface area contributed by atoms with Crippen LogP contribution >= 0.6 is 0 Å². The first-order valence-corrected chi connectivity index (χ1v) is 8.72. The Labute approximate surface area is 161 Å². The molecule has 1 aliphatic heterocycles. The van der Waals surface area contributed by atoms with Gasteiger partial charge in [0.05, 0.1) is 6.42 Å². The molecule has 0 saturated heterocycles. The Balaban J connectivity index is 1.42. The molecule has 0 unspecified atom stereocenters. The van der Waals surface area contributed by atoms with Gasteiger partial charge in [-0.05, 0) is 24.6 Å². The molecule has 0 saturated carbocycles. The fourth-order valence-corrected chi connectivity index (χ4v) is 2.53. The number of ether oxygens (including phenoxy) is 3. The third kappa shape index (κ3) is 5.23. The normalized spacial score (nSPS) is 12.8. The monoisotopic (exact) mass is 384 g/mol. The van der Waals surface area contributed by atoms with Crippen molar-refractivity contribution in [2.45, 2.75) is 19.4 Å². The Hall–Kier alpha value is -3.55. The lowest BCUT2D eigenvalue weighted by molar-refractivity contribution is -0.152. The summed E-state index contributed by atoms with van der Waals surface area (Å²) in [6.45, 7) is 1.27. The van der Waals surface area contributed by atoms with Crippen LogP contribution in [-0.4, -0.2) is 37.2 Å². The molecule has 28 heavy (non-hydrogen) atoms. The Bertz CT molecular complexity index is 868. The van der Waals surface area contributed by atoms with Gasteiger partial charge in [-0.1, -0.05) is 30.3 Å². The van der Waals surface area contributed by atoms with Crippen molar-refractivity contribution < 1.29 is 28.6 Å². The molecule has 2 N–H and O–H groups in total. The summed E-state index contributed by atoms with van der Waals surface area (Å²) in [5, 5.41) is 5.11. The molecule has 1 aliphatic rings. The molecule has 8 nitrogen and oxygen atoms in total. The highest BCUT2D eigenvalue weighted by Gasteiger charge is 2.20. The maximum absolute atomic E-state index is 12.2. The zero-order valence-electron chi connectivity index (χ0n) is 15.3. The molecule has 0 aromatic heterocycles. The van der Waals surface area contributed by atoms with E-state index in [9.17, 15) is 14.4 Å².